The number of nitrogens with zero attached hydrogens (tertiary/aromatic N) is 1. The number of hydrogen-bond acceptors (Lipinski definition) is 5. The number of aryl methyl sites for hydroxylation is 1. The summed E-state index contributed by atoms with van der Waals surface area (Å²) >= 11 is 0. The molecule has 0 aliphatic heterocycles. The van der Waals surface area contributed by atoms with Gasteiger partial charge in [0.05, 0.1) is 15.8 Å². The number of H-pyrrole nitrogens is 1. The monoisotopic (exact) mass is 262 g/mol. The molecular weight excluding hydrogens is 252 g/mol. The van der Waals surface area contributed by atoms with E-state index in [1.54, 1.807) is 13.8 Å². The highest BCUT2D eigenvalue weighted by molar-refractivity contribution is 5.90. The normalized spacial score (nSPS) is 10.6. The van der Waals surface area contributed by atoms with Crippen LogP contribution in [0.3, 0.4) is 0 Å². The molecule has 0 spiro atoms. The van der Waals surface area contributed by atoms with Crippen LogP contribution in [0, 0.1) is 24.0 Å². The molecule has 0 aliphatic carbocycles. The molecule has 0 unspecified atom stereocenters. The van der Waals surface area contributed by atoms with E-state index >= 15 is 0 Å². The predicted octanol–water partition coefficient (Wildman–Crippen LogP) is 1.12. The molecule has 0 saturated heterocycles. The average molecular weight is 262 g/mol. The van der Waals surface area contributed by atoms with Crippen LogP contribution in [0.2, 0.25) is 0 Å². The summed E-state index contributed by atoms with van der Waals surface area (Å²) in [7, 11) is 0. The molecule has 2 rings (SSSR count). The summed E-state index contributed by atoms with van der Waals surface area (Å²) in [6, 6.07) is 2.47. The number of nitro groups is 1. The molecule has 0 aliphatic rings. The molecule has 0 saturated carbocycles. The van der Waals surface area contributed by atoms with E-state index in [1.165, 1.54) is 6.07 Å². The molecule has 19 heavy (non-hydrogen) atoms. The lowest BCUT2D eigenvalue weighted by molar-refractivity contribution is -0.383. The van der Waals surface area contributed by atoms with Crippen LogP contribution in [-0.2, 0) is 0 Å². The minimum absolute atomic E-state index is 0.0183. The fourth-order valence-electron chi connectivity index (χ4n) is 1.90. The number of aromatic hydroxyl groups is 1. The van der Waals surface area contributed by atoms with Gasteiger partial charge in [-0.3, -0.25) is 19.7 Å². The molecule has 0 atom stereocenters. The minimum atomic E-state index is -1.12. The zero-order chi connectivity index (χ0) is 14.3. The van der Waals surface area contributed by atoms with Gasteiger partial charge in [-0.05, 0) is 25.5 Å². The van der Waals surface area contributed by atoms with Crippen LogP contribution < -0.4 is 11.0 Å². The molecule has 98 valence electrons. The van der Waals surface area contributed by atoms with Crippen molar-refractivity contribution in [3.8, 4) is 5.75 Å². The van der Waals surface area contributed by atoms with Gasteiger partial charge in [0, 0.05) is 11.6 Å². The van der Waals surface area contributed by atoms with Crippen molar-refractivity contribution < 1.29 is 10.0 Å². The van der Waals surface area contributed by atoms with Gasteiger partial charge in [0.2, 0.25) is 0 Å². The first-order valence-electron chi connectivity index (χ1n) is 5.38. The number of hydrogen-bond donors (Lipinski definition) is 2. The summed E-state index contributed by atoms with van der Waals surface area (Å²) in [6.45, 7) is 3.22. The summed E-state index contributed by atoms with van der Waals surface area (Å²) in [5, 5.41) is 20.6. The molecule has 0 bridgehead atoms. The second-order valence-electron chi connectivity index (χ2n) is 4.20. The molecule has 7 nitrogen and oxygen atoms in total. The Bertz CT molecular complexity index is 823. The van der Waals surface area contributed by atoms with Crippen LogP contribution in [0.4, 0.5) is 5.69 Å². The van der Waals surface area contributed by atoms with Crippen molar-refractivity contribution in [2.75, 3.05) is 0 Å². The van der Waals surface area contributed by atoms with Crippen molar-refractivity contribution in [3.63, 3.8) is 0 Å². The topological polar surface area (TPSA) is 113 Å². The Morgan fingerprint density at radius 3 is 2.47 bits per heavy atom. The first-order chi connectivity index (χ1) is 8.82. The average Bonchev–Trinajstić information content (AvgIpc) is 2.42. The van der Waals surface area contributed by atoms with E-state index in [0.29, 0.717) is 11.1 Å². The van der Waals surface area contributed by atoms with Crippen molar-refractivity contribution in [1.82, 2.24) is 4.98 Å². The maximum Gasteiger partial charge on any atom is 0.300 e. The third kappa shape index (κ3) is 1.95. The van der Waals surface area contributed by atoms with Gasteiger partial charge in [-0.2, -0.15) is 0 Å². The van der Waals surface area contributed by atoms with Crippen LogP contribution in [0.15, 0.2) is 21.7 Å². The standard InChI is InChI=1S/C12H10N2O5/c1-5-3-8-7(10(6(5)2)14(18)19)4-9(15)11(16)12(17)13-8/h3-4H,1-2H3,(H2,13,15,16,17). The lowest BCUT2D eigenvalue weighted by Gasteiger charge is -2.04. The minimum Gasteiger partial charge on any atom is -0.504 e. The van der Waals surface area contributed by atoms with Gasteiger partial charge in [-0.25, -0.2) is 0 Å². The Labute approximate surface area is 106 Å². The number of nitro benzene ring substituents is 1. The van der Waals surface area contributed by atoms with Crippen molar-refractivity contribution in [2.24, 2.45) is 0 Å². The first kappa shape index (κ1) is 12.7. The van der Waals surface area contributed by atoms with Crippen LogP contribution >= 0.6 is 0 Å². The van der Waals surface area contributed by atoms with Gasteiger partial charge >= 0.3 is 0 Å². The van der Waals surface area contributed by atoms with Crippen molar-refractivity contribution >= 4 is 16.6 Å². The Kier molecular flexibility index (Phi) is 2.82. The van der Waals surface area contributed by atoms with Crippen molar-refractivity contribution in [3.05, 3.63) is 54.0 Å². The summed E-state index contributed by atoms with van der Waals surface area (Å²) in [5.74, 6) is -0.817. The van der Waals surface area contributed by atoms with E-state index in [2.05, 4.69) is 4.98 Å². The van der Waals surface area contributed by atoms with Crippen LogP contribution in [0.25, 0.3) is 10.9 Å². The number of benzene rings is 1. The SMILES string of the molecule is Cc1cc2[nH]c(=O)c(=O)c(O)cc2c([N+](=O)[O-])c1C. The molecule has 1 aromatic heterocycles. The highest BCUT2D eigenvalue weighted by Gasteiger charge is 2.19. The summed E-state index contributed by atoms with van der Waals surface area (Å²) in [4.78, 5) is 35.6. The molecule has 0 fully saturated rings. The first-order valence-corrected chi connectivity index (χ1v) is 5.38. The molecular formula is C12H10N2O5. The van der Waals surface area contributed by atoms with E-state index in [9.17, 15) is 24.8 Å². The number of aromatic amines is 1. The Hall–Kier alpha value is -2.70. The predicted molar refractivity (Wildman–Crippen MR) is 68.6 cm³/mol. The van der Waals surface area contributed by atoms with Gasteiger partial charge in [-0.1, -0.05) is 0 Å². The zero-order valence-electron chi connectivity index (χ0n) is 10.2. The number of nitrogens with one attached hydrogen (secondary N) is 1. The third-order valence-electron chi connectivity index (χ3n) is 3.00. The number of aromatic nitrogens is 1. The maximum absolute atomic E-state index is 11.4. The van der Waals surface area contributed by atoms with Crippen molar-refractivity contribution in [2.45, 2.75) is 13.8 Å². The molecule has 2 aromatic rings. The molecule has 0 amide bonds. The van der Waals surface area contributed by atoms with Crippen LogP contribution in [-0.4, -0.2) is 15.0 Å². The van der Waals surface area contributed by atoms with E-state index < -0.39 is 21.7 Å². The molecule has 7 heteroatoms. The number of fused-ring (bicyclic) bond motifs is 1. The Balaban J connectivity index is 3.19. The van der Waals surface area contributed by atoms with Gasteiger partial charge in [0.1, 0.15) is 0 Å². The Morgan fingerprint density at radius 1 is 1.26 bits per heavy atom. The number of rotatable bonds is 1. The van der Waals surface area contributed by atoms with E-state index in [-0.39, 0.29) is 16.6 Å². The van der Waals surface area contributed by atoms with E-state index in [1.807, 2.05) is 0 Å². The second-order valence-corrected chi connectivity index (χ2v) is 4.20. The lowest BCUT2D eigenvalue weighted by atomic mass is 10.0. The Morgan fingerprint density at radius 2 is 1.89 bits per heavy atom. The summed E-state index contributed by atoms with van der Waals surface area (Å²) in [5.41, 5.74) is -1.23. The maximum atomic E-state index is 11.4. The molecule has 0 radical (unpaired) electrons. The fourth-order valence-corrected chi connectivity index (χ4v) is 1.90. The van der Waals surface area contributed by atoms with Crippen LogP contribution in [0.1, 0.15) is 11.1 Å². The highest BCUT2D eigenvalue weighted by atomic mass is 16.6. The van der Waals surface area contributed by atoms with E-state index in [4.69, 9.17) is 0 Å². The lowest BCUT2D eigenvalue weighted by Crippen LogP contribution is -2.22. The van der Waals surface area contributed by atoms with Gasteiger partial charge in [0.15, 0.2) is 5.75 Å². The van der Waals surface area contributed by atoms with Crippen molar-refractivity contribution in [1.29, 1.82) is 0 Å². The van der Waals surface area contributed by atoms with Gasteiger partial charge in [-0.15, -0.1) is 0 Å². The zero-order valence-corrected chi connectivity index (χ0v) is 10.2. The second kappa shape index (κ2) is 4.20. The van der Waals surface area contributed by atoms with Gasteiger partial charge in [0.25, 0.3) is 16.7 Å². The molecule has 2 N–H and O–H groups in total. The van der Waals surface area contributed by atoms with E-state index in [0.717, 1.165) is 6.07 Å². The smallest absolute Gasteiger partial charge is 0.300 e. The highest BCUT2D eigenvalue weighted by Crippen LogP contribution is 2.30. The third-order valence-corrected chi connectivity index (χ3v) is 3.00. The van der Waals surface area contributed by atoms with Crippen LogP contribution in [0.5, 0.6) is 5.75 Å². The molecule has 1 heterocycles. The summed E-state index contributed by atoms with van der Waals surface area (Å²) < 4.78 is 0. The largest absolute Gasteiger partial charge is 0.504 e. The fraction of sp³-hybridized carbons (Fsp3) is 0.167. The molecule has 1 aromatic carbocycles. The quantitative estimate of drug-likeness (QED) is 0.454. The van der Waals surface area contributed by atoms with Gasteiger partial charge < -0.3 is 10.1 Å². The summed E-state index contributed by atoms with van der Waals surface area (Å²) in [6.07, 6.45) is 0.